The van der Waals surface area contributed by atoms with E-state index in [1.165, 1.54) is 12.1 Å². The van der Waals surface area contributed by atoms with E-state index in [0.29, 0.717) is 18.7 Å². The van der Waals surface area contributed by atoms with Gasteiger partial charge in [0.05, 0.1) is 10.1 Å². The molecule has 1 saturated heterocycles. The van der Waals surface area contributed by atoms with Gasteiger partial charge in [-0.15, -0.1) is 0 Å². The Kier molecular flexibility index (Phi) is 6.43. The van der Waals surface area contributed by atoms with Gasteiger partial charge in [-0.2, -0.15) is 0 Å². The molecule has 0 N–H and O–H groups in total. The van der Waals surface area contributed by atoms with Crippen molar-refractivity contribution >= 4 is 27.3 Å². The maximum absolute atomic E-state index is 12.7. The molecule has 1 fully saturated rings. The molecule has 150 valence electrons. The smallest absolute Gasteiger partial charge is 0.253 e. The highest BCUT2D eigenvalue weighted by molar-refractivity contribution is 7.92. The Hall–Kier alpha value is -1.89. The Morgan fingerprint density at radius 2 is 1.68 bits per heavy atom. The number of sulfone groups is 1. The second-order valence-electron chi connectivity index (χ2n) is 7.32. The number of rotatable bonds is 5. The van der Waals surface area contributed by atoms with Crippen LogP contribution in [0.4, 0.5) is 0 Å². The van der Waals surface area contributed by atoms with Crippen LogP contribution in [0, 0.1) is 0 Å². The zero-order valence-corrected chi connectivity index (χ0v) is 17.7. The van der Waals surface area contributed by atoms with Crippen LogP contribution in [-0.2, 0) is 16.4 Å². The van der Waals surface area contributed by atoms with Crippen LogP contribution in [0.1, 0.15) is 29.8 Å². The summed E-state index contributed by atoms with van der Waals surface area (Å²) in [6.45, 7) is 6.98. The van der Waals surface area contributed by atoms with Gasteiger partial charge < -0.3 is 4.90 Å². The van der Waals surface area contributed by atoms with E-state index in [-0.39, 0.29) is 10.8 Å². The quantitative estimate of drug-likeness (QED) is 0.743. The molecule has 5 nitrogen and oxygen atoms in total. The van der Waals surface area contributed by atoms with Gasteiger partial charge in [-0.25, -0.2) is 8.42 Å². The SMILES string of the molecule is CC(C)S(=O)(=O)c1ccc(C(=O)N2CCN(Cc3cccc(Cl)c3)CC2)cc1. The summed E-state index contributed by atoms with van der Waals surface area (Å²) in [6.07, 6.45) is 0. The number of piperazine rings is 1. The van der Waals surface area contributed by atoms with Crippen LogP contribution in [0.3, 0.4) is 0 Å². The molecule has 3 rings (SSSR count). The first-order chi connectivity index (χ1) is 13.3. The first-order valence-corrected chi connectivity index (χ1v) is 11.3. The van der Waals surface area contributed by atoms with Crippen LogP contribution < -0.4 is 0 Å². The molecule has 7 heteroatoms. The highest BCUT2D eigenvalue weighted by Crippen LogP contribution is 2.18. The van der Waals surface area contributed by atoms with Crippen LogP contribution >= 0.6 is 11.6 Å². The zero-order valence-electron chi connectivity index (χ0n) is 16.1. The lowest BCUT2D eigenvalue weighted by Crippen LogP contribution is -2.48. The minimum atomic E-state index is -3.33. The first-order valence-electron chi connectivity index (χ1n) is 9.37. The van der Waals surface area contributed by atoms with Crippen molar-refractivity contribution in [2.45, 2.75) is 30.5 Å². The largest absolute Gasteiger partial charge is 0.336 e. The molecular formula is C21H25ClN2O3S. The van der Waals surface area contributed by atoms with Gasteiger partial charge in [-0.3, -0.25) is 9.69 Å². The number of halogens is 1. The second kappa shape index (κ2) is 8.64. The molecule has 2 aromatic carbocycles. The Balaban J connectivity index is 1.59. The van der Waals surface area contributed by atoms with Crippen molar-refractivity contribution < 1.29 is 13.2 Å². The van der Waals surface area contributed by atoms with Crippen molar-refractivity contribution in [2.75, 3.05) is 26.2 Å². The van der Waals surface area contributed by atoms with Crippen LogP contribution in [0.25, 0.3) is 0 Å². The lowest BCUT2D eigenvalue weighted by molar-refractivity contribution is 0.0628. The molecule has 2 aromatic rings. The molecule has 0 aromatic heterocycles. The highest BCUT2D eigenvalue weighted by Gasteiger charge is 2.23. The topological polar surface area (TPSA) is 57.7 Å². The van der Waals surface area contributed by atoms with Crippen LogP contribution in [0.2, 0.25) is 5.02 Å². The standard InChI is InChI=1S/C21H25ClN2O3S/c1-16(2)28(26,27)20-8-6-18(7-9-20)21(25)24-12-10-23(11-13-24)15-17-4-3-5-19(22)14-17/h3-9,14,16H,10-13,15H2,1-2H3. The average Bonchev–Trinajstić information content (AvgIpc) is 2.68. The third-order valence-corrected chi connectivity index (χ3v) is 7.41. The third kappa shape index (κ3) is 4.74. The Morgan fingerprint density at radius 3 is 2.25 bits per heavy atom. The van der Waals surface area contributed by atoms with Crippen molar-refractivity contribution in [3.05, 3.63) is 64.7 Å². The fourth-order valence-electron chi connectivity index (χ4n) is 3.24. The second-order valence-corrected chi connectivity index (χ2v) is 10.3. The number of hydrogen-bond acceptors (Lipinski definition) is 4. The molecule has 0 atom stereocenters. The first kappa shape index (κ1) is 20.8. The molecule has 0 saturated carbocycles. The number of hydrogen-bond donors (Lipinski definition) is 0. The molecule has 0 spiro atoms. The molecule has 0 aliphatic carbocycles. The molecule has 1 amide bonds. The Labute approximate surface area is 171 Å². The van der Waals surface area contributed by atoms with Crippen molar-refractivity contribution in [1.29, 1.82) is 0 Å². The van der Waals surface area contributed by atoms with E-state index in [1.807, 2.05) is 23.1 Å². The highest BCUT2D eigenvalue weighted by atomic mass is 35.5. The van der Waals surface area contributed by atoms with Crippen molar-refractivity contribution in [1.82, 2.24) is 9.80 Å². The average molecular weight is 421 g/mol. The fourth-order valence-corrected chi connectivity index (χ4v) is 4.52. The van der Waals surface area contributed by atoms with E-state index in [4.69, 9.17) is 11.6 Å². The molecule has 1 heterocycles. The van der Waals surface area contributed by atoms with Crippen molar-refractivity contribution in [3.63, 3.8) is 0 Å². The summed E-state index contributed by atoms with van der Waals surface area (Å²) in [4.78, 5) is 17.1. The summed E-state index contributed by atoms with van der Waals surface area (Å²) < 4.78 is 24.4. The number of amides is 1. The van der Waals surface area contributed by atoms with Gasteiger partial charge in [-0.1, -0.05) is 23.7 Å². The summed E-state index contributed by atoms with van der Waals surface area (Å²) in [5.41, 5.74) is 1.68. The lowest BCUT2D eigenvalue weighted by atomic mass is 10.1. The van der Waals surface area contributed by atoms with Gasteiger partial charge in [0.25, 0.3) is 5.91 Å². The van der Waals surface area contributed by atoms with Gasteiger partial charge in [0.2, 0.25) is 0 Å². The van der Waals surface area contributed by atoms with Gasteiger partial charge >= 0.3 is 0 Å². The zero-order chi connectivity index (χ0) is 20.3. The van der Waals surface area contributed by atoms with Gasteiger partial charge in [0.1, 0.15) is 0 Å². The monoisotopic (exact) mass is 420 g/mol. The number of benzene rings is 2. The van der Waals surface area contributed by atoms with E-state index >= 15 is 0 Å². The van der Waals surface area contributed by atoms with E-state index in [9.17, 15) is 13.2 Å². The molecule has 1 aliphatic heterocycles. The maximum atomic E-state index is 12.7. The minimum absolute atomic E-state index is 0.0594. The fraction of sp³-hybridized carbons (Fsp3) is 0.381. The van der Waals surface area contributed by atoms with Crippen LogP contribution in [0.15, 0.2) is 53.4 Å². The lowest BCUT2D eigenvalue weighted by Gasteiger charge is -2.34. The normalized spacial score (nSPS) is 15.8. The van der Waals surface area contributed by atoms with E-state index in [1.54, 1.807) is 26.0 Å². The molecule has 0 radical (unpaired) electrons. The number of nitrogens with zero attached hydrogens (tertiary/aromatic N) is 2. The Morgan fingerprint density at radius 1 is 1.04 bits per heavy atom. The van der Waals surface area contributed by atoms with E-state index in [2.05, 4.69) is 11.0 Å². The summed E-state index contributed by atoms with van der Waals surface area (Å²) in [7, 11) is -3.33. The van der Waals surface area contributed by atoms with Gasteiger partial charge in [0.15, 0.2) is 9.84 Å². The summed E-state index contributed by atoms with van der Waals surface area (Å²) in [6, 6.07) is 14.1. The maximum Gasteiger partial charge on any atom is 0.253 e. The predicted octanol–water partition coefficient (Wildman–Crippen LogP) is 3.48. The molecular weight excluding hydrogens is 396 g/mol. The minimum Gasteiger partial charge on any atom is -0.336 e. The summed E-state index contributed by atoms with van der Waals surface area (Å²) in [5.74, 6) is -0.0594. The molecule has 0 bridgehead atoms. The molecule has 0 unspecified atom stereocenters. The van der Waals surface area contributed by atoms with E-state index < -0.39 is 15.1 Å². The van der Waals surface area contributed by atoms with Crippen LogP contribution in [0.5, 0.6) is 0 Å². The molecule has 1 aliphatic rings. The summed E-state index contributed by atoms with van der Waals surface area (Å²) in [5, 5.41) is 0.246. The van der Waals surface area contributed by atoms with Gasteiger partial charge in [-0.05, 0) is 55.8 Å². The van der Waals surface area contributed by atoms with E-state index in [0.717, 1.165) is 30.2 Å². The van der Waals surface area contributed by atoms with Crippen molar-refractivity contribution in [3.8, 4) is 0 Å². The number of carbonyl (C=O) groups is 1. The van der Waals surface area contributed by atoms with Gasteiger partial charge in [0, 0.05) is 43.3 Å². The third-order valence-electron chi connectivity index (χ3n) is 5.01. The number of carbonyl (C=O) groups excluding carboxylic acids is 1. The van der Waals surface area contributed by atoms with Crippen molar-refractivity contribution in [2.24, 2.45) is 0 Å². The Bertz CT molecular complexity index is 934. The predicted molar refractivity (Wildman–Crippen MR) is 111 cm³/mol. The van der Waals surface area contributed by atoms with Crippen LogP contribution in [-0.4, -0.2) is 55.6 Å². The summed E-state index contributed by atoms with van der Waals surface area (Å²) >= 11 is 6.04. The molecule has 28 heavy (non-hydrogen) atoms.